The third kappa shape index (κ3) is 5.92. The van der Waals surface area contributed by atoms with Crippen LogP contribution in [0.1, 0.15) is 52.0 Å². The SMILES string of the molecule is CCCC[C@@](C)(OCCC)C(=O)Nc1ccc(OC)c(C(F)(F)F)c1. The van der Waals surface area contributed by atoms with Gasteiger partial charge in [-0.3, -0.25) is 4.79 Å². The molecule has 1 N–H and O–H groups in total. The van der Waals surface area contributed by atoms with Gasteiger partial charge in [0.25, 0.3) is 5.91 Å². The number of halogens is 3. The zero-order chi connectivity index (χ0) is 19.1. The van der Waals surface area contributed by atoms with E-state index in [1.807, 2.05) is 13.8 Å². The Labute approximate surface area is 146 Å². The van der Waals surface area contributed by atoms with Gasteiger partial charge in [-0.05, 0) is 38.0 Å². The van der Waals surface area contributed by atoms with Crippen LogP contribution in [-0.4, -0.2) is 25.2 Å². The minimum absolute atomic E-state index is 0.0564. The molecule has 0 fully saturated rings. The van der Waals surface area contributed by atoms with Crippen molar-refractivity contribution in [2.45, 2.75) is 58.2 Å². The Morgan fingerprint density at radius 1 is 1.20 bits per heavy atom. The lowest BCUT2D eigenvalue weighted by Gasteiger charge is -2.29. The van der Waals surface area contributed by atoms with Crippen LogP contribution in [0.4, 0.5) is 18.9 Å². The Morgan fingerprint density at radius 3 is 2.40 bits per heavy atom. The van der Waals surface area contributed by atoms with Crippen LogP contribution in [0.15, 0.2) is 18.2 Å². The summed E-state index contributed by atoms with van der Waals surface area (Å²) in [5.41, 5.74) is -1.96. The Kier molecular flexibility index (Phi) is 7.73. The average molecular weight is 361 g/mol. The van der Waals surface area contributed by atoms with E-state index in [4.69, 9.17) is 9.47 Å². The highest BCUT2D eigenvalue weighted by Crippen LogP contribution is 2.38. The minimum Gasteiger partial charge on any atom is -0.496 e. The highest BCUT2D eigenvalue weighted by Gasteiger charge is 2.36. The number of alkyl halides is 3. The lowest BCUT2D eigenvalue weighted by atomic mass is 9.97. The molecule has 0 spiro atoms. The summed E-state index contributed by atoms with van der Waals surface area (Å²) in [6.07, 6.45) is -1.66. The first-order valence-corrected chi connectivity index (χ1v) is 8.38. The van der Waals surface area contributed by atoms with Crippen molar-refractivity contribution in [2.75, 3.05) is 19.0 Å². The maximum Gasteiger partial charge on any atom is 0.420 e. The molecule has 0 bridgehead atoms. The topological polar surface area (TPSA) is 47.6 Å². The molecular weight excluding hydrogens is 335 g/mol. The molecule has 1 amide bonds. The van der Waals surface area contributed by atoms with Gasteiger partial charge in [-0.25, -0.2) is 0 Å². The van der Waals surface area contributed by atoms with Crippen molar-refractivity contribution in [1.29, 1.82) is 0 Å². The van der Waals surface area contributed by atoms with Gasteiger partial charge < -0.3 is 14.8 Å². The maximum absolute atomic E-state index is 13.1. The molecule has 0 saturated heterocycles. The molecule has 0 aliphatic carbocycles. The number of carbonyl (C=O) groups is 1. The molecule has 1 rings (SSSR count). The number of unbranched alkanes of at least 4 members (excludes halogenated alkanes) is 1. The first-order chi connectivity index (χ1) is 11.7. The molecule has 0 heterocycles. The van der Waals surface area contributed by atoms with E-state index in [1.54, 1.807) is 6.92 Å². The Morgan fingerprint density at radius 2 is 1.88 bits per heavy atom. The summed E-state index contributed by atoms with van der Waals surface area (Å²) in [5.74, 6) is -0.742. The number of rotatable bonds is 9. The van der Waals surface area contributed by atoms with E-state index in [0.717, 1.165) is 25.3 Å². The normalized spacial score (nSPS) is 14.0. The Bertz CT molecular complexity index is 565. The second-order valence-electron chi connectivity index (χ2n) is 6.05. The number of hydrogen-bond acceptors (Lipinski definition) is 3. The van der Waals surface area contributed by atoms with E-state index in [0.29, 0.717) is 13.0 Å². The predicted octanol–water partition coefficient (Wildman–Crippen LogP) is 5.03. The lowest BCUT2D eigenvalue weighted by molar-refractivity contribution is -0.141. The molecular formula is C18H26F3NO3. The monoisotopic (exact) mass is 361 g/mol. The van der Waals surface area contributed by atoms with Crippen molar-refractivity contribution >= 4 is 11.6 Å². The summed E-state index contributed by atoms with van der Waals surface area (Å²) in [7, 11) is 1.17. The second-order valence-corrected chi connectivity index (χ2v) is 6.05. The lowest BCUT2D eigenvalue weighted by Crippen LogP contribution is -2.43. The van der Waals surface area contributed by atoms with Gasteiger partial charge >= 0.3 is 6.18 Å². The largest absolute Gasteiger partial charge is 0.496 e. The van der Waals surface area contributed by atoms with Crippen LogP contribution in [0.3, 0.4) is 0 Å². The van der Waals surface area contributed by atoms with Gasteiger partial charge in [0.15, 0.2) is 0 Å². The molecule has 1 aromatic carbocycles. The first kappa shape index (κ1) is 21.3. The molecule has 0 aromatic heterocycles. The van der Waals surface area contributed by atoms with Crippen molar-refractivity contribution in [2.24, 2.45) is 0 Å². The number of benzene rings is 1. The number of methoxy groups -OCH3 is 1. The summed E-state index contributed by atoms with van der Waals surface area (Å²) < 4.78 is 49.8. The molecule has 0 aliphatic rings. The molecule has 0 radical (unpaired) electrons. The van der Waals surface area contributed by atoms with Crippen LogP contribution in [0.2, 0.25) is 0 Å². The summed E-state index contributed by atoms with van der Waals surface area (Å²) in [6.45, 7) is 6.00. The number of amides is 1. The standard InChI is InChI=1S/C18H26F3NO3/c1-5-7-10-17(3,25-11-6-2)16(23)22-13-8-9-15(24-4)14(12-13)18(19,20)21/h8-9,12H,5-7,10-11H2,1-4H3,(H,22,23)/t17-/m1/s1. The highest BCUT2D eigenvalue weighted by molar-refractivity contribution is 5.97. The van der Waals surface area contributed by atoms with E-state index in [1.165, 1.54) is 19.2 Å². The van der Waals surface area contributed by atoms with Gasteiger partial charge in [0, 0.05) is 12.3 Å². The molecule has 0 saturated carbocycles. The molecule has 7 heteroatoms. The molecule has 0 aliphatic heterocycles. The van der Waals surface area contributed by atoms with E-state index in [9.17, 15) is 18.0 Å². The van der Waals surface area contributed by atoms with Crippen molar-refractivity contribution in [3.63, 3.8) is 0 Å². The zero-order valence-electron chi connectivity index (χ0n) is 15.1. The molecule has 25 heavy (non-hydrogen) atoms. The number of hydrogen-bond donors (Lipinski definition) is 1. The zero-order valence-corrected chi connectivity index (χ0v) is 15.1. The summed E-state index contributed by atoms with van der Waals surface area (Å²) in [5, 5.41) is 2.54. The Balaban J connectivity index is 3.03. The molecule has 1 atom stereocenters. The van der Waals surface area contributed by atoms with Crippen LogP contribution in [0.5, 0.6) is 5.75 Å². The molecule has 1 aromatic rings. The number of nitrogens with one attached hydrogen (secondary N) is 1. The van der Waals surface area contributed by atoms with Gasteiger partial charge in [0.1, 0.15) is 11.4 Å². The number of anilines is 1. The third-order valence-corrected chi connectivity index (χ3v) is 3.88. The van der Waals surface area contributed by atoms with E-state index >= 15 is 0 Å². The van der Waals surface area contributed by atoms with Gasteiger partial charge in [-0.15, -0.1) is 0 Å². The molecule has 4 nitrogen and oxygen atoms in total. The van der Waals surface area contributed by atoms with Crippen molar-refractivity contribution in [3.05, 3.63) is 23.8 Å². The third-order valence-electron chi connectivity index (χ3n) is 3.88. The summed E-state index contributed by atoms with van der Waals surface area (Å²) in [6, 6.07) is 3.44. The first-order valence-electron chi connectivity index (χ1n) is 8.38. The summed E-state index contributed by atoms with van der Waals surface area (Å²) >= 11 is 0. The van der Waals surface area contributed by atoms with Crippen LogP contribution in [-0.2, 0) is 15.7 Å². The van der Waals surface area contributed by atoms with Gasteiger partial charge in [0.2, 0.25) is 0 Å². The highest BCUT2D eigenvalue weighted by atomic mass is 19.4. The Hall–Kier alpha value is -1.76. The van der Waals surface area contributed by atoms with Gasteiger partial charge in [0.05, 0.1) is 12.7 Å². The van der Waals surface area contributed by atoms with Crippen LogP contribution in [0.25, 0.3) is 0 Å². The van der Waals surface area contributed by atoms with Crippen LogP contribution < -0.4 is 10.1 Å². The molecule has 142 valence electrons. The van der Waals surface area contributed by atoms with E-state index < -0.39 is 23.2 Å². The van der Waals surface area contributed by atoms with Gasteiger partial charge in [-0.1, -0.05) is 26.7 Å². The smallest absolute Gasteiger partial charge is 0.420 e. The quantitative estimate of drug-likeness (QED) is 0.671. The van der Waals surface area contributed by atoms with Crippen LogP contribution >= 0.6 is 0 Å². The van der Waals surface area contributed by atoms with Crippen molar-refractivity contribution in [3.8, 4) is 5.75 Å². The van der Waals surface area contributed by atoms with Crippen molar-refractivity contribution in [1.82, 2.24) is 0 Å². The fraction of sp³-hybridized carbons (Fsp3) is 0.611. The summed E-state index contributed by atoms with van der Waals surface area (Å²) in [4.78, 5) is 12.6. The van der Waals surface area contributed by atoms with E-state index in [-0.39, 0.29) is 11.4 Å². The van der Waals surface area contributed by atoms with Crippen LogP contribution in [0, 0.1) is 0 Å². The number of carbonyl (C=O) groups excluding carboxylic acids is 1. The van der Waals surface area contributed by atoms with Crippen molar-refractivity contribution < 1.29 is 27.4 Å². The maximum atomic E-state index is 13.1. The second kappa shape index (κ2) is 9.08. The average Bonchev–Trinajstić information content (AvgIpc) is 2.57. The fourth-order valence-electron chi connectivity index (χ4n) is 2.36. The number of ether oxygens (including phenoxy) is 2. The van der Waals surface area contributed by atoms with Gasteiger partial charge in [-0.2, -0.15) is 13.2 Å². The predicted molar refractivity (Wildman–Crippen MR) is 90.8 cm³/mol. The minimum atomic E-state index is -4.57. The fourth-order valence-corrected chi connectivity index (χ4v) is 2.36. The van der Waals surface area contributed by atoms with E-state index in [2.05, 4.69) is 5.32 Å². The molecule has 0 unspecified atom stereocenters.